The highest BCUT2D eigenvalue weighted by Gasteiger charge is 2.44. The van der Waals surface area contributed by atoms with Crippen molar-refractivity contribution in [2.24, 2.45) is 9.98 Å². The summed E-state index contributed by atoms with van der Waals surface area (Å²) in [6.07, 6.45) is 0.736. The second-order valence-corrected chi connectivity index (χ2v) is 19.9. The van der Waals surface area contributed by atoms with Crippen molar-refractivity contribution in [3.05, 3.63) is 58.4 Å². The van der Waals surface area contributed by atoms with Gasteiger partial charge in [0.15, 0.2) is 19.9 Å². The Morgan fingerprint density at radius 1 is 1.04 bits per heavy atom. The minimum atomic E-state index is -2.15. The molecular weight excluding hydrogens is 676 g/mol. The van der Waals surface area contributed by atoms with Gasteiger partial charge in [-0.05, 0) is 91.5 Å². The Kier molecular flexibility index (Phi) is 16.2. The molecule has 0 aliphatic carbocycles. The van der Waals surface area contributed by atoms with Gasteiger partial charge in [0.05, 0.1) is 31.0 Å². The third kappa shape index (κ3) is 11.4. The Hall–Kier alpha value is -3.73. The lowest BCUT2D eigenvalue weighted by atomic mass is 10.0. The largest absolute Gasteiger partial charge is 0.488 e. The molecule has 10 nitrogen and oxygen atoms in total. The van der Waals surface area contributed by atoms with E-state index in [1.807, 2.05) is 6.92 Å². The first-order valence-corrected chi connectivity index (χ1v) is 20.2. The Morgan fingerprint density at radius 2 is 1.68 bits per heavy atom. The normalized spacial score (nSPS) is 12.7. The van der Waals surface area contributed by atoms with E-state index in [1.165, 1.54) is 7.11 Å². The highest BCUT2D eigenvalue weighted by molar-refractivity contribution is 8.15. The standard InChI is InChI=1S/C37H53FN4O6SSi/c1-13-26-18-30(32(38)31(19-26)46-16-17-47-50(23(2)3,24(4)5)25(6)7)33(34(49-12)42-36(44)45-11)41-29-15-14-27(21-39)28(20-29)22-40-35(43)48-37(8,9)10/h14-15,18-20,23-25H,13,16-17,22H2,1-12H3,(H,40,43)/b41-33?,42-34-. The predicted octanol–water partition coefficient (Wildman–Crippen LogP) is 9.50. The summed E-state index contributed by atoms with van der Waals surface area (Å²) in [5, 5.41) is 12.5. The Balaban J connectivity index is 2.63. The molecule has 0 saturated carbocycles. The smallest absolute Gasteiger partial charge is 0.434 e. The number of nitriles is 1. The number of benzene rings is 2. The van der Waals surface area contributed by atoms with Crippen LogP contribution in [-0.4, -0.2) is 63.4 Å². The molecule has 13 heteroatoms. The maximum Gasteiger partial charge on any atom is 0.434 e. The van der Waals surface area contributed by atoms with Crippen LogP contribution in [0.25, 0.3) is 0 Å². The molecule has 0 unspecified atom stereocenters. The average Bonchev–Trinajstić information content (AvgIpc) is 3.04. The second-order valence-electron chi connectivity index (χ2n) is 13.7. The third-order valence-electron chi connectivity index (χ3n) is 8.20. The van der Waals surface area contributed by atoms with Crippen LogP contribution >= 0.6 is 11.8 Å². The van der Waals surface area contributed by atoms with Crippen molar-refractivity contribution in [1.82, 2.24) is 5.32 Å². The lowest BCUT2D eigenvalue weighted by Crippen LogP contribution is -2.48. The molecule has 0 radical (unpaired) electrons. The van der Waals surface area contributed by atoms with Gasteiger partial charge in [-0.15, -0.1) is 11.8 Å². The number of alkyl carbamates (subject to hydrolysis) is 1. The summed E-state index contributed by atoms with van der Waals surface area (Å²) < 4.78 is 39.3. The van der Waals surface area contributed by atoms with Crippen molar-refractivity contribution in [1.29, 1.82) is 5.26 Å². The zero-order chi connectivity index (χ0) is 37.8. The SMILES string of the molecule is CCc1cc(OCCO[Si](C(C)C)(C(C)C)C(C)C)c(F)c(C(=Nc2ccc(C#N)c(CNC(=O)OC(C)(C)C)c2)/C(=N/C(=O)OC)SC)c1. The van der Waals surface area contributed by atoms with Crippen LogP contribution in [-0.2, 0) is 26.9 Å². The molecule has 50 heavy (non-hydrogen) atoms. The predicted molar refractivity (Wildman–Crippen MR) is 202 cm³/mol. The van der Waals surface area contributed by atoms with Gasteiger partial charge in [0.1, 0.15) is 23.0 Å². The van der Waals surface area contributed by atoms with E-state index in [0.29, 0.717) is 46.5 Å². The quantitative estimate of drug-likeness (QED) is 0.0881. The number of rotatable bonds is 14. The number of carbonyl (C=O) groups is 2. The molecule has 0 fully saturated rings. The van der Waals surface area contributed by atoms with Crippen LogP contribution < -0.4 is 10.1 Å². The number of hydrogen-bond donors (Lipinski definition) is 1. The van der Waals surface area contributed by atoms with E-state index in [0.717, 1.165) is 17.3 Å². The molecule has 0 saturated heterocycles. The summed E-state index contributed by atoms with van der Waals surface area (Å²) in [7, 11) is -0.947. The van der Waals surface area contributed by atoms with Gasteiger partial charge in [-0.25, -0.2) is 19.0 Å². The Labute approximate surface area is 302 Å². The van der Waals surface area contributed by atoms with Crippen LogP contribution in [0.15, 0.2) is 40.3 Å². The maximum absolute atomic E-state index is 16.5. The monoisotopic (exact) mass is 728 g/mol. The number of nitrogens with one attached hydrogen (secondary N) is 1. The topological polar surface area (TPSA) is 132 Å². The fraction of sp³-hybridized carbons (Fsp3) is 0.541. The number of thioether (sulfide) groups is 1. The summed E-state index contributed by atoms with van der Waals surface area (Å²) in [5.41, 5.74) is 2.50. The van der Waals surface area contributed by atoms with Gasteiger partial charge in [0.25, 0.3) is 0 Å². The van der Waals surface area contributed by atoms with Crippen LogP contribution in [0.2, 0.25) is 16.6 Å². The number of ether oxygens (including phenoxy) is 3. The van der Waals surface area contributed by atoms with Crippen molar-refractivity contribution in [3.8, 4) is 11.8 Å². The van der Waals surface area contributed by atoms with Gasteiger partial charge < -0.3 is 24.0 Å². The molecule has 0 heterocycles. The second kappa shape index (κ2) is 19.0. The van der Waals surface area contributed by atoms with Gasteiger partial charge in [-0.3, -0.25) is 0 Å². The van der Waals surface area contributed by atoms with Gasteiger partial charge in [-0.2, -0.15) is 10.3 Å². The molecule has 274 valence electrons. The molecule has 0 bridgehead atoms. The van der Waals surface area contributed by atoms with Gasteiger partial charge in [-0.1, -0.05) is 48.5 Å². The third-order valence-corrected chi connectivity index (χ3v) is 15.0. The lowest BCUT2D eigenvalue weighted by molar-refractivity contribution is 0.0523. The number of aliphatic imine (C=N–C) groups is 2. The number of hydrogen-bond acceptors (Lipinski definition) is 9. The average molecular weight is 729 g/mol. The van der Waals surface area contributed by atoms with E-state index in [9.17, 15) is 14.9 Å². The maximum atomic E-state index is 16.5. The van der Waals surface area contributed by atoms with Gasteiger partial charge >= 0.3 is 12.2 Å². The number of carbonyl (C=O) groups excluding carboxylic acids is 2. The molecular formula is C37H53FN4O6SSi. The molecule has 0 atom stereocenters. The van der Waals surface area contributed by atoms with Crippen LogP contribution in [0.3, 0.4) is 0 Å². The molecule has 1 N–H and O–H groups in total. The van der Waals surface area contributed by atoms with Crippen LogP contribution in [0, 0.1) is 17.1 Å². The lowest BCUT2D eigenvalue weighted by Gasteiger charge is -2.42. The molecule has 0 spiro atoms. The Bertz CT molecular complexity index is 1580. The zero-order valence-electron chi connectivity index (χ0n) is 31.5. The first-order chi connectivity index (χ1) is 23.4. The fourth-order valence-corrected chi connectivity index (χ4v) is 12.0. The van der Waals surface area contributed by atoms with Crippen LogP contribution in [0.1, 0.15) is 91.5 Å². The minimum absolute atomic E-state index is 0.0174. The Morgan fingerprint density at radius 3 is 2.20 bits per heavy atom. The van der Waals surface area contributed by atoms with E-state index in [4.69, 9.17) is 23.6 Å². The van der Waals surface area contributed by atoms with Gasteiger partial charge in [0, 0.05) is 12.1 Å². The molecule has 0 aromatic heterocycles. The number of methoxy groups -OCH3 is 1. The van der Waals surface area contributed by atoms with Crippen molar-refractivity contribution in [2.75, 3.05) is 26.6 Å². The molecule has 2 aromatic carbocycles. The summed E-state index contributed by atoms with van der Waals surface area (Å²) in [5.74, 6) is -0.643. The minimum Gasteiger partial charge on any atom is -0.488 e. The summed E-state index contributed by atoms with van der Waals surface area (Å²) >= 11 is 1.10. The highest BCUT2D eigenvalue weighted by atomic mass is 32.2. The van der Waals surface area contributed by atoms with E-state index >= 15 is 4.39 Å². The first kappa shape index (κ1) is 42.4. The summed E-state index contributed by atoms with van der Waals surface area (Å²) in [4.78, 5) is 33.5. The van der Waals surface area contributed by atoms with Crippen molar-refractivity contribution < 1.29 is 32.6 Å². The first-order valence-electron chi connectivity index (χ1n) is 16.8. The molecule has 0 aliphatic rings. The zero-order valence-corrected chi connectivity index (χ0v) is 33.3. The van der Waals surface area contributed by atoms with Crippen molar-refractivity contribution in [2.45, 2.75) is 104 Å². The van der Waals surface area contributed by atoms with E-state index in [1.54, 1.807) is 57.4 Å². The fourth-order valence-electron chi connectivity index (χ4n) is 6.07. The number of aryl methyl sites for hydroxylation is 1. The summed E-state index contributed by atoms with van der Waals surface area (Å²) in [6.45, 7) is 20.9. The summed E-state index contributed by atoms with van der Waals surface area (Å²) in [6, 6.07) is 10.2. The number of halogens is 1. The van der Waals surface area contributed by atoms with Crippen molar-refractivity contribution >= 4 is 48.7 Å². The van der Waals surface area contributed by atoms with E-state index in [2.05, 4.69) is 57.9 Å². The molecule has 2 amide bonds. The van der Waals surface area contributed by atoms with Crippen LogP contribution in [0.5, 0.6) is 5.75 Å². The van der Waals surface area contributed by atoms with Crippen LogP contribution in [0.4, 0.5) is 19.7 Å². The van der Waals surface area contributed by atoms with Crippen molar-refractivity contribution in [3.63, 3.8) is 0 Å². The van der Waals surface area contributed by atoms with E-state index in [-0.39, 0.29) is 35.2 Å². The van der Waals surface area contributed by atoms with Gasteiger partial charge in [0.2, 0.25) is 0 Å². The molecule has 2 aromatic rings. The van der Waals surface area contributed by atoms with E-state index < -0.39 is 31.9 Å². The number of nitrogens with zero attached hydrogens (tertiary/aromatic N) is 3. The molecule has 0 aliphatic heterocycles. The highest BCUT2D eigenvalue weighted by Crippen LogP contribution is 2.42. The molecule has 2 rings (SSSR count). The number of amides is 2.